The van der Waals surface area contributed by atoms with Crippen LogP contribution >= 0.6 is 0 Å². The van der Waals surface area contributed by atoms with Gasteiger partial charge in [0.1, 0.15) is 0 Å². The molecule has 1 aliphatic carbocycles. The van der Waals surface area contributed by atoms with Crippen LogP contribution < -0.4 is 5.32 Å². The van der Waals surface area contributed by atoms with Crippen molar-refractivity contribution >= 4 is 5.97 Å². The van der Waals surface area contributed by atoms with Crippen LogP contribution in [0.4, 0.5) is 0 Å². The number of rotatable bonds is 6. The Kier molecular flexibility index (Phi) is 5.76. The fraction of sp³-hybridized carbons (Fsp3) is 0.588. The Morgan fingerprint density at radius 1 is 1.24 bits per heavy atom. The van der Waals surface area contributed by atoms with Crippen molar-refractivity contribution in [2.75, 3.05) is 13.7 Å². The maximum absolute atomic E-state index is 11.5. The summed E-state index contributed by atoms with van der Waals surface area (Å²) in [5.41, 5.74) is 1.93. The quantitative estimate of drug-likeness (QED) is 0.789. The van der Waals surface area contributed by atoms with Crippen LogP contribution in [0.25, 0.3) is 0 Å². The van der Waals surface area contributed by atoms with Gasteiger partial charge in [0.15, 0.2) is 0 Å². The number of carbonyl (C=O) groups excluding carboxylic acids is 1. The fourth-order valence-electron chi connectivity index (χ4n) is 3.03. The summed E-state index contributed by atoms with van der Waals surface area (Å²) in [7, 11) is 1.41. The van der Waals surface area contributed by atoms with E-state index in [1.54, 1.807) is 0 Å². The Labute approximate surface area is 126 Å². The van der Waals surface area contributed by atoms with Crippen LogP contribution in [0.2, 0.25) is 0 Å². The van der Waals surface area contributed by atoms with Gasteiger partial charge in [0.05, 0.1) is 20.1 Å². The van der Waals surface area contributed by atoms with E-state index in [0.29, 0.717) is 13.0 Å². The first-order valence-electron chi connectivity index (χ1n) is 7.68. The van der Waals surface area contributed by atoms with Crippen molar-refractivity contribution in [3.05, 3.63) is 35.4 Å². The molecular weight excluding hydrogens is 266 g/mol. The number of nitrogens with one attached hydrogen (secondary N) is 1. The number of methoxy groups -OCH3 is 1. The lowest BCUT2D eigenvalue weighted by molar-refractivity contribution is -0.139. The number of hydrogen-bond acceptors (Lipinski definition) is 4. The molecule has 1 aromatic carbocycles. The molecule has 4 heteroatoms. The van der Waals surface area contributed by atoms with Crippen LogP contribution in [0.1, 0.15) is 43.2 Å². The van der Waals surface area contributed by atoms with Gasteiger partial charge in [-0.25, -0.2) is 0 Å². The van der Waals surface area contributed by atoms with Crippen LogP contribution in [0.5, 0.6) is 0 Å². The van der Waals surface area contributed by atoms with E-state index >= 15 is 0 Å². The van der Waals surface area contributed by atoms with Gasteiger partial charge in [-0.05, 0) is 24.0 Å². The zero-order chi connectivity index (χ0) is 15.1. The lowest BCUT2D eigenvalue weighted by Crippen LogP contribution is -2.49. The van der Waals surface area contributed by atoms with Crippen molar-refractivity contribution in [1.82, 2.24) is 5.32 Å². The SMILES string of the molecule is COC(=O)Cc1ccccc1CNC1(CO)CCCCC1. The van der Waals surface area contributed by atoms with E-state index < -0.39 is 0 Å². The van der Waals surface area contributed by atoms with Crippen LogP contribution in [0.3, 0.4) is 0 Å². The van der Waals surface area contributed by atoms with Crippen molar-refractivity contribution in [2.45, 2.75) is 50.6 Å². The molecular formula is C17H25NO3. The molecule has 0 radical (unpaired) electrons. The van der Waals surface area contributed by atoms with Crippen LogP contribution in [-0.4, -0.2) is 30.3 Å². The summed E-state index contributed by atoms with van der Waals surface area (Å²) in [6, 6.07) is 7.90. The molecule has 1 aliphatic rings. The molecule has 0 heterocycles. The van der Waals surface area contributed by atoms with Gasteiger partial charge in [-0.2, -0.15) is 0 Å². The predicted molar refractivity (Wildman–Crippen MR) is 81.9 cm³/mol. The van der Waals surface area contributed by atoms with Gasteiger partial charge in [0.2, 0.25) is 0 Å². The second kappa shape index (κ2) is 7.57. The van der Waals surface area contributed by atoms with Crippen molar-refractivity contribution < 1.29 is 14.6 Å². The summed E-state index contributed by atoms with van der Waals surface area (Å²) < 4.78 is 4.75. The lowest BCUT2D eigenvalue weighted by Gasteiger charge is -2.37. The second-order valence-electron chi connectivity index (χ2n) is 5.87. The highest BCUT2D eigenvalue weighted by Gasteiger charge is 2.30. The average Bonchev–Trinajstić information content (AvgIpc) is 2.55. The first-order valence-corrected chi connectivity index (χ1v) is 7.68. The molecule has 2 N–H and O–H groups in total. The molecule has 0 spiro atoms. The monoisotopic (exact) mass is 291 g/mol. The molecule has 0 atom stereocenters. The highest BCUT2D eigenvalue weighted by Crippen LogP contribution is 2.28. The van der Waals surface area contributed by atoms with E-state index in [9.17, 15) is 9.90 Å². The van der Waals surface area contributed by atoms with Gasteiger partial charge in [-0.1, -0.05) is 43.5 Å². The van der Waals surface area contributed by atoms with Crippen molar-refractivity contribution in [3.8, 4) is 0 Å². The van der Waals surface area contributed by atoms with Gasteiger partial charge >= 0.3 is 5.97 Å². The smallest absolute Gasteiger partial charge is 0.309 e. The summed E-state index contributed by atoms with van der Waals surface area (Å²) in [5, 5.41) is 13.3. The number of aliphatic hydroxyl groups excluding tert-OH is 1. The van der Waals surface area contributed by atoms with Gasteiger partial charge in [-0.3, -0.25) is 4.79 Å². The summed E-state index contributed by atoms with van der Waals surface area (Å²) in [5.74, 6) is -0.225. The molecule has 1 fully saturated rings. The third kappa shape index (κ3) is 4.29. The van der Waals surface area contributed by atoms with Crippen LogP contribution in [-0.2, 0) is 22.5 Å². The number of carbonyl (C=O) groups is 1. The molecule has 2 rings (SSSR count). The molecule has 0 saturated heterocycles. The van der Waals surface area contributed by atoms with E-state index in [-0.39, 0.29) is 18.1 Å². The Morgan fingerprint density at radius 2 is 1.90 bits per heavy atom. The lowest BCUT2D eigenvalue weighted by atomic mass is 9.82. The van der Waals surface area contributed by atoms with Gasteiger partial charge < -0.3 is 15.2 Å². The minimum absolute atomic E-state index is 0.156. The maximum atomic E-state index is 11.5. The van der Waals surface area contributed by atoms with E-state index in [0.717, 1.165) is 36.8 Å². The van der Waals surface area contributed by atoms with Gasteiger partial charge in [0.25, 0.3) is 0 Å². The van der Waals surface area contributed by atoms with Crippen LogP contribution in [0.15, 0.2) is 24.3 Å². The largest absolute Gasteiger partial charge is 0.469 e. The molecule has 0 aliphatic heterocycles. The first kappa shape index (κ1) is 16.0. The average molecular weight is 291 g/mol. The standard InChI is InChI=1S/C17H25NO3/c1-21-16(20)11-14-7-3-4-8-15(14)12-18-17(13-19)9-5-2-6-10-17/h3-4,7-8,18-19H,2,5-6,9-13H2,1H3. The Morgan fingerprint density at radius 3 is 2.52 bits per heavy atom. The maximum Gasteiger partial charge on any atom is 0.309 e. The zero-order valence-corrected chi connectivity index (χ0v) is 12.7. The number of benzene rings is 1. The minimum Gasteiger partial charge on any atom is -0.469 e. The molecule has 1 saturated carbocycles. The number of aliphatic hydroxyl groups is 1. The fourth-order valence-corrected chi connectivity index (χ4v) is 3.03. The van der Waals surface area contributed by atoms with E-state index in [4.69, 9.17) is 4.74 Å². The molecule has 0 aromatic heterocycles. The molecule has 4 nitrogen and oxygen atoms in total. The molecule has 0 amide bonds. The molecule has 116 valence electrons. The molecule has 0 bridgehead atoms. The highest BCUT2D eigenvalue weighted by molar-refractivity contribution is 5.72. The summed E-state index contributed by atoms with van der Waals surface area (Å²) in [6.07, 6.45) is 5.91. The third-order valence-corrected chi connectivity index (χ3v) is 4.45. The molecule has 1 aromatic rings. The summed E-state index contributed by atoms with van der Waals surface area (Å²) in [6.45, 7) is 0.847. The van der Waals surface area contributed by atoms with Gasteiger partial charge in [0, 0.05) is 12.1 Å². The Balaban J connectivity index is 2.03. The highest BCUT2D eigenvalue weighted by atomic mass is 16.5. The van der Waals surface area contributed by atoms with Gasteiger partial charge in [-0.15, -0.1) is 0 Å². The molecule has 21 heavy (non-hydrogen) atoms. The van der Waals surface area contributed by atoms with Crippen molar-refractivity contribution in [3.63, 3.8) is 0 Å². The summed E-state index contributed by atoms with van der Waals surface area (Å²) in [4.78, 5) is 11.5. The Hall–Kier alpha value is -1.39. The Bertz CT molecular complexity index is 467. The number of ether oxygens (including phenoxy) is 1. The minimum atomic E-state index is -0.225. The molecule has 0 unspecified atom stereocenters. The zero-order valence-electron chi connectivity index (χ0n) is 12.7. The van der Waals surface area contributed by atoms with E-state index in [2.05, 4.69) is 5.32 Å². The summed E-state index contributed by atoms with van der Waals surface area (Å²) >= 11 is 0. The predicted octanol–water partition coefficient (Wildman–Crippen LogP) is 2.19. The number of hydrogen-bond donors (Lipinski definition) is 2. The topological polar surface area (TPSA) is 58.6 Å². The first-order chi connectivity index (χ1) is 10.2. The van der Waals surface area contributed by atoms with E-state index in [1.807, 2.05) is 24.3 Å². The normalized spacial score (nSPS) is 17.4. The third-order valence-electron chi connectivity index (χ3n) is 4.45. The van der Waals surface area contributed by atoms with Crippen LogP contribution in [0, 0.1) is 0 Å². The second-order valence-corrected chi connectivity index (χ2v) is 5.87. The van der Waals surface area contributed by atoms with Crippen molar-refractivity contribution in [2.24, 2.45) is 0 Å². The van der Waals surface area contributed by atoms with E-state index in [1.165, 1.54) is 13.5 Å². The van der Waals surface area contributed by atoms with Crippen molar-refractivity contribution in [1.29, 1.82) is 0 Å². The number of esters is 1.